The summed E-state index contributed by atoms with van der Waals surface area (Å²) in [5.74, 6) is -2.26. The number of hydrogen-bond acceptors (Lipinski definition) is 6. The van der Waals surface area contributed by atoms with E-state index in [1.165, 1.54) is 7.11 Å². The van der Waals surface area contributed by atoms with Gasteiger partial charge >= 0.3 is 11.9 Å². The van der Waals surface area contributed by atoms with Gasteiger partial charge in [-0.2, -0.15) is 0 Å². The molecular formula is C11H15NO6. The Morgan fingerprint density at radius 2 is 2.00 bits per heavy atom. The number of amides is 1. The quantitative estimate of drug-likeness (QED) is 0.587. The van der Waals surface area contributed by atoms with Gasteiger partial charge in [0, 0.05) is 13.1 Å². The van der Waals surface area contributed by atoms with Crippen molar-refractivity contribution in [2.24, 2.45) is 5.92 Å². The van der Waals surface area contributed by atoms with E-state index in [9.17, 15) is 14.4 Å². The number of carbonyl (C=O) groups excluding carboxylic acids is 3. The van der Waals surface area contributed by atoms with Gasteiger partial charge in [-0.15, -0.1) is 0 Å². The van der Waals surface area contributed by atoms with Crippen LogP contribution in [0, 0.1) is 5.92 Å². The predicted molar refractivity (Wildman–Crippen MR) is 57.4 cm³/mol. The summed E-state index contributed by atoms with van der Waals surface area (Å²) in [4.78, 5) is 36.5. The number of rotatable bonds is 2. The molecule has 0 aliphatic carbocycles. The third kappa shape index (κ3) is 2.45. The molecule has 0 bridgehead atoms. The van der Waals surface area contributed by atoms with Gasteiger partial charge in [0.25, 0.3) is 0 Å². The van der Waals surface area contributed by atoms with E-state index in [2.05, 4.69) is 4.74 Å². The number of cyclic esters (lactones) is 1. The highest BCUT2D eigenvalue weighted by Gasteiger charge is 2.46. The number of esters is 2. The topological polar surface area (TPSA) is 82.1 Å². The Balaban J connectivity index is 2.07. The molecule has 2 aliphatic rings. The number of ether oxygens (including phenoxy) is 3. The van der Waals surface area contributed by atoms with Crippen molar-refractivity contribution in [3.05, 3.63) is 0 Å². The molecule has 100 valence electrons. The molecule has 2 rings (SSSR count). The van der Waals surface area contributed by atoms with Gasteiger partial charge < -0.3 is 19.1 Å². The lowest BCUT2D eigenvalue weighted by molar-refractivity contribution is -0.163. The maximum atomic E-state index is 12.2. The summed E-state index contributed by atoms with van der Waals surface area (Å²) in [6.07, 6.45) is -1.19. The van der Waals surface area contributed by atoms with Crippen molar-refractivity contribution in [3.8, 4) is 0 Å². The largest absolute Gasteiger partial charge is 0.466 e. The molecule has 2 fully saturated rings. The second-order valence-electron chi connectivity index (χ2n) is 4.18. The minimum Gasteiger partial charge on any atom is -0.466 e. The van der Waals surface area contributed by atoms with E-state index in [0.717, 1.165) is 0 Å². The fourth-order valence-electron chi connectivity index (χ4n) is 2.12. The van der Waals surface area contributed by atoms with Gasteiger partial charge in [-0.05, 0) is 0 Å². The lowest BCUT2D eigenvalue weighted by Crippen LogP contribution is -2.46. The zero-order valence-electron chi connectivity index (χ0n) is 10.1. The summed E-state index contributed by atoms with van der Waals surface area (Å²) in [7, 11) is 1.20. The number of hydrogen-bond donors (Lipinski definition) is 0. The average Bonchev–Trinajstić information content (AvgIpc) is 2.80. The zero-order chi connectivity index (χ0) is 13.1. The molecule has 1 amide bonds. The van der Waals surface area contributed by atoms with Crippen LogP contribution in [0.4, 0.5) is 0 Å². The first-order valence-corrected chi connectivity index (χ1v) is 5.77. The molecule has 2 unspecified atom stereocenters. The summed E-state index contributed by atoms with van der Waals surface area (Å²) in [5, 5.41) is 0. The van der Waals surface area contributed by atoms with E-state index in [-0.39, 0.29) is 12.3 Å². The summed E-state index contributed by atoms with van der Waals surface area (Å²) in [5.41, 5.74) is 0. The van der Waals surface area contributed by atoms with Crippen molar-refractivity contribution >= 4 is 17.8 Å². The standard InChI is InChI=1S/C11H15NO6/c1-16-11(15)9-7(6-8(13)18-9)10(14)12-2-4-17-5-3-12/h7,9H,2-6H2,1H3. The normalized spacial score (nSPS) is 27.8. The molecule has 18 heavy (non-hydrogen) atoms. The molecule has 2 atom stereocenters. The third-order valence-corrected chi connectivity index (χ3v) is 3.08. The van der Waals surface area contributed by atoms with Crippen molar-refractivity contribution in [1.82, 2.24) is 4.90 Å². The Bertz CT molecular complexity index is 363. The molecular weight excluding hydrogens is 242 g/mol. The first-order valence-electron chi connectivity index (χ1n) is 5.77. The van der Waals surface area contributed by atoms with E-state index in [4.69, 9.17) is 9.47 Å². The fourth-order valence-corrected chi connectivity index (χ4v) is 2.12. The van der Waals surface area contributed by atoms with Gasteiger partial charge in [-0.25, -0.2) is 4.79 Å². The van der Waals surface area contributed by atoms with Gasteiger partial charge in [-0.1, -0.05) is 0 Å². The van der Waals surface area contributed by atoms with E-state index in [0.29, 0.717) is 26.3 Å². The second-order valence-corrected chi connectivity index (χ2v) is 4.18. The van der Waals surface area contributed by atoms with Crippen molar-refractivity contribution in [1.29, 1.82) is 0 Å². The number of methoxy groups -OCH3 is 1. The highest BCUT2D eigenvalue weighted by Crippen LogP contribution is 2.25. The first-order chi connectivity index (χ1) is 8.63. The monoisotopic (exact) mass is 257 g/mol. The summed E-state index contributed by atoms with van der Waals surface area (Å²) >= 11 is 0. The predicted octanol–water partition coefficient (Wildman–Crippen LogP) is -1.05. The van der Waals surface area contributed by atoms with Crippen LogP contribution in [0.3, 0.4) is 0 Å². The SMILES string of the molecule is COC(=O)C1OC(=O)CC1C(=O)N1CCOCC1. The van der Waals surface area contributed by atoms with E-state index < -0.39 is 24.0 Å². The number of nitrogens with zero attached hydrogens (tertiary/aromatic N) is 1. The molecule has 7 heteroatoms. The van der Waals surface area contributed by atoms with Crippen LogP contribution >= 0.6 is 0 Å². The van der Waals surface area contributed by atoms with Crippen LogP contribution in [-0.4, -0.2) is 62.3 Å². The van der Waals surface area contributed by atoms with Gasteiger partial charge in [0.15, 0.2) is 0 Å². The molecule has 0 radical (unpaired) electrons. The first kappa shape index (κ1) is 12.8. The minimum absolute atomic E-state index is 0.0735. The van der Waals surface area contributed by atoms with E-state index in [1.807, 2.05) is 0 Å². The van der Waals surface area contributed by atoms with E-state index >= 15 is 0 Å². The van der Waals surface area contributed by atoms with Crippen LogP contribution in [0.2, 0.25) is 0 Å². The number of morpholine rings is 1. The molecule has 0 aromatic heterocycles. The van der Waals surface area contributed by atoms with Crippen molar-refractivity contribution in [2.45, 2.75) is 12.5 Å². The van der Waals surface area contributed by atoms with Gasteiger partial charge in [-0.3, -0.25) is 9.59 Å². The molecule has 0 spiro atoms. The lowest BCUT2D eigenvalue weighted by Gasteiger charge is -2.29. The summed E-state index contributed by atoms with van der Waals surface area (Å²) in [6.45, 7) is 1.88. The Morgan fingerprint density at radius 1 is 1.33 bits per heavy atom. The average molecular weight is 257 g/mol. The lowest BCUT2D eigenvalue weighted by atomic mass is 9.99. The van der Waals surface area contributed by atoms with Crippen LogP contribution < -0.4 is 0 Å². The van der Waals surface area contributed by atoms with Crippen LogP contribution in [0.1, 0.15) is 6.42 Å². The summed E-state index contributed by atoms with van der Waals surface area (Å²) < 4.78 is 14.5. The Hall–Kier alpha value is -1.63. The van der Waals surface area contributed by atoms with Crippen LogP contribution in [0.5, 0.6) is 0 Å². The third-order valence-electron chi connectivity index (χ3n) is 3.08. The van der Waals surface area contributed by atoms with Crippen molar-refractivity contribution in [2.75, 3.05) is 33.4 Å². The van der Waals surface area contributed by atoms with Crippen LogP contribution in [-0.2, 0) is 28.6 Å². The summed E-state index contributed by atoms with van der Waals surface area (Å²) in [6, 6.07) is 0. The molecule has 2 heterocycles. The molecule has 0 aromatic rings. The smallest absolute Gasteiger partial charge is 0.348 e. The highest BCUT2D eigenvalue weighted by atomic mass is 16.6. The Morgan fingerprint density at radius 3 is 2.61 bits per heavy atom. The zero-order valence-corrected chi connectivity index (χ0v) is 10.1. The molecule has 0 aromatic carbocycles. The minimum atomic E-state index is -1.11. The number of carbonyl (C=O) groups is 3. The molecule has 0 N–H and O–H groups in total. The van der Waals surface area contributed by atoms with Gasteiger partial charge in [0.05, 0.1) is 32.7 Å². The van der Waals surface area contributed by atoms with Gasteiger partial charge in [0.1, 0.15) is 0 Å². The van der Waals surface area contributed by atoms with Crippen LogP contribution in [0.25, 0.3) is 0 Å². The van der Waals surface area contributed by atoms with Crippen molar-refractivity contribution in [3.63, 3.8) is 0 Å². The maximum Gasteiger partial charge on any atom is 0.348 e. The maximum absolute atomic E-state index is 12.2. The Labute approximate surface area is 104 Å². The van der Waals surface area contributed by atoms with Crippen molar-refractivity contribution < 1.29 is 28.6 Å². The second kappa shape index (κ2) is 5.34. The molecule has 7 nitrogen and oxygen atoms in total. The van der Waals surface area contributed by atoms with Gasteiger partial charge in [0.2, 0.25) is 12.0 Å². The molecule has 0 saturated carbocycles. The van der Waals surface area contributed by atoms with Crippen LogP contribution in [0.15, 0.2) is 0 Å². The fraction of sp³-hybridized carbons (Fsp3) is 0.727. The Kier molecular flexibility index (Phi) is 3.81. The highest BCUT2D eigenvalue weighted by molar-refractivity contribution is 5.94. The molecule has 2 saturated heterocycles. The van der Waals surface area contributed by atoms with E-state index in [1.54, 1.807) is 4.90 Å². The molecule has 2 aliphatic heterocycles.